The van der Waals surface area contributed by atoms with Gasteiger partial charge >= 0.3 is 12.1 Å². The molecule has 2 unspecified atom stereocenters. The molecule has 0 spiro atoms. The topological polar surface area (TPSA) is 106 Å². The van der Waals surface area contributed by atoms with Gasteiger partial charge in [0.15, 0.2) is 0 Å². The molecule has 1 aromatic heterocycles. The number of nitrogens with zero attached hydrogens (tertiary/aromatic N) is 2. The Balaban J connectivity index is 0.000000423. The van der Waals surface area contributed by atoms with Gasteiger partial charge in [-0.25, -0.2) is 17.5 Å². The van der Waals surface area contributed by atoms with E-state index in [9.17, 15) is 21.6 Å². The number of rotatable bonds is 6. The Hall–Kier alpha value is -1.76. The van der Waals surface area contributed by atoms with Crippen LogP contribution in [0.5, 0.6) is 0 Å². The van der Waals surface area contributed by atoms with Crippen LogP contribution < -0.4 is 0 Å². The molecule has 2 fully saturated rings. The molecule has 2 aliphatic rings. The van der Waals surface area contributed by atoms with E-state index >= 15 is 0 Å². The number of hydrogen-bond donors (Lipinski definition) is 1. The highest BCUT2D eigenvalue weighted by Gasteiger charge is 2.48. The quantitative estimate of drug-likeness (QED) is 0.684. The summed E-state index contributed by atoms with van der Waals surface area (Å²) in [5, 5.41) is 7.12. The van der Waals surface area contributed by atoms with Gasteiger partial charge in [0.25, 0.3) is 0 Å². The smallest absolute Gasteiger partial charge is 0.475 e. The summed E-state index contributed by atoms with van der Waals surface area (Å²) in [4.78, 5) is 13.0. The van der Waals surface area contributed by atoms with Crippen LogP contribution in [0, 0.1) is 5.41 Å². The summed E-state index contributed by atoms with van der Waals surface area (Å²) in [7, 11) is -3.17. The molecule has 3 rings (SSSR count). The van der Waals surface area contributed by atoms with E-state index in [-0.39, 0.29) is 17.3 Å². The van der Waals surface area contributed by atoms with Crippen LogP contribution in [0.4, 0.5) is 13.2 Å². The minimum atomic E-state index is -5.08. The van der Waals surface area contributed by atoms with Crippen LogP contribution in [-0.2, 0) is 30.9 Å². The number of hydrogen-bond acceptors (Lipinski definition) is 6. The molecule has 0 aliphatic carbocycles. The summed E-state index contributed by atoms with van der Waals surface area (Å²) in [5.41, 5.74) is 0.789. The van der Waals surface area contributed by atoms with E-state index in [1.807, 2.05) is 12.1 Å². The van der Waals surface area contributed by atoms with Gasteiger partial charge in [-0.1, -0.05) is 6.07 Å². The van der Waals surface area contributed by atoms with Crippen LogP contribution >= 0.6 is 0 Å². The van der Waals surface area contributed by atoms with Gasteiger partial charge in [-0.05, 0) is 37.8 Å². The van der Waals surface area contributed by atoms with Gasteiger partial charge in [-0.2, -0.15) is 13.2 Å². The first-order chi connectivity index (χ1) is 14.5. The lowest BCUT2D eigenvalue weighted by Gasteiger charge is -2.49. The van der Waals surface area contributed by atoms with E-state index in [1.165, 1.54) is 0 Å². The van der Waals surface area contributed by atoms with Crippen molar-refractivity contribution in [1.82, 2.24) is 9.29 Å². The van der Waals surface area contributed by atoms with Crippen LogP contribution in [0.2, 0.25) is 0 Å². The van der Waals surface area contributed by atoms with Crippen molar-refractivity contribution in [1.29, 1.82) is 0 Å². The van der Waals surface area contributed by atoms with Gasteiger partial charge in [-0.3, -0.25) is 4.98 Å². The molecule has 0 aromatic carbocycles. The SMILES string of the molecule is CCS(=O)(=O)N1CCC2OCCCC2(COCc2cccnc2)C1.O=C(O)C(F)(F)F. The molecule has 31 heavy (non-hydrogen) atoms. The largest absolute Gasteiger partial charge is 0.490 e. The standard InChI is InChI=1S/C17H26N2O4S.C2HF3O2/c1-2-24(20,21)19-9-6-16-17(13-19,7-4-10-23-16)14-22-12-15-5-3-8-18-11-15;3-2(4,5)1(6)7/h3,5,8,11,16H,2,4,6-7,9-10,12-14H2,1H3;(H,6,7). The lowest BCUT2D eigenvalue weighted by Crippen LogP contribution is -2.58. The highest BCUT2D eigenvalue weighted by atomic mass is 32.2. The first-order valence-corrected chi connectivity index (χ1v) is 11.5. The summed E-state index contributed by atoms with van der Waals surface area (Å²) < 4.78 is 69.9. The van der Waals surface area contributed by atoms with Crippen molar-refractivity contribution < 1.29 is 41.0 Å². The molecule has 0 amide bonds. The lowest BCUT2D eigenvalue weighted by molar-refractivity contribution is -0.192. The average molecular weight is 468 g/mol. The van der Waals surface area contributed by atoms with E-state index in [0.717, 1.165) is 31.4 Å². The highest BCUT2D eigenvalue weighted by molar-refractivity contribution is 7.89. The van der Waals surface area contributed by atoms with Gasteiger partial charge in [-0.15, -0.1) is 0 Å². The van der Waals surface area contributed by atoms with E-state index in [1.54, 1.807) is 23.6 Å². The van der Waals surface area contributed by atoms with E-state index in [0.29, 0.717) is 26.3 Å². The first kappa shape index (κ1) is 25.5. The maximum absolute atomic E-state index is 12.3. The predicted octanol–water partition coefficient (Wildman–Crippen LogP) is 2.45. The molecule has 8 nitrogen and oxygen atoms in total. The molecule has 176 valence electrons. The van der Waals surface area contributed by atoms with Crippen molar-refractivity contribution in [2.24, 2.45) is 5.41 Å². The number of fused-ring (bicyclic) bond motifs is 1. The molecule has 0 radical (unpaired) electrons. The zero-order valence-electron chi connectivity index (χ0n) is 17.2. The molecule has 1 N–H and O–H groups in total. The molecule has 0 saturated carbocycles. The van der Waals surface area contributed by atoms with Gasteiger partial charge in [0.1, 0.15) is 0 Å². The van der Waals surface area contributed by atoms with E-state index in [2.05, 4.69) is 4.98 Å². The fourth-order valence-electron chi connectivity index (χ4n) is 3.74. The van der Waals surface area contributed by atoms with Crippen molar-refractivity contribution in [2.45, 2.75) is 45.1 Å². The Bertz CT molecular complexity index is 822. The molecule has 2 atom stereocenters. The number of aromatic nitrogens is 1. The maximum atomic E-state index is 12.3. The number of alkyl halides is 3. The monoisotopic (exact) mass is 468 g/mol. The number of pyridine rings is 1. The molecule has 1 aromatic rings. The molecular weight excluding hydrogens is 441 g/mol. The Morgan fingerprint density at radius 2 is 2.16 bits per heavy atom. The molecule has 2 aliphatic heterocycles. The van der Waals surface area contributed by atoms with E-state index < -0.39 is 22.2 Å². The third kappa shape index (κ3) is 7.13. The zero-order chi connectivity index (χ0) is 23.1. The Morgan fingerprint density at radius 1 is 1.45 bits per heavy atom. The molecule has 12 heteroatoms. The second-order valence-electron chi connectivity index (χ2n) is 7.51. The second kappa shape index (κ2) is 10.7. The van der Waals surface area contributed by atoms with Crippen LogP contribution in [0.1, 0.15) is 31.7 Å². The lowest BCUT2D eigenvalue weighted by atomic mass is 9.73. The summed E-state index contributed by atoms with van der Waals surface area (Å²) in [6.45, 7) is 4.51. The second-order valence-corrected chi connectivity index (χ2v) is 9.76. The molecular formula is C19H27F3N2O6S. The predicted molar refractivity (Wildman–Crippen MR) is 105 cm³/mol. The number of ether oxygens (including phenoxy) is 2. The highest BCUT2D eigenvalue weighted by Crippen LogP contribution is 2.41. The maximum Gasteiger partial charge on any atom is 0.490 e. The number of aliphatic carboxylic acids is 1. The minimum Gasteiger partial charge on any atom is -0.475 e. The van der Waals surface area contributed by atoms with Gasteiger partial charge < -0.3 is 14.6 Å². The van der Waals surface area contributed by atoms with Crippen molar-refractivity contribution in [3.8, 4) is 0 Å². The summed E-state index contributed by atoms with van der Waals surface area (Å²) in [6.07, 6.45) is 1.18. The van der Waals surface area contributed by atoms with Crippen molar-refractivity contribution in [2.75, 3.05) is 32.1 Å². The van der Waals surface area contributed by atoms with Crippen molar-refractivity contribution in [3.63, 3.8) is 0 Å². The number of carbonyl (C=O) groups is 1. The fraction of sp³-hybridized carbons (Fsp3) is 0.684. The Labute approximate surface area is 179 Å². The number of piperidine rings is 1. The van der Waals surface area contributed by atoms with E-state index in [4.69, 9.17) is 19.4 Å². The van der Waals surface area contributed by atoms with Crippen molar-refractivity contribution >= 4 is 16.0 Å². The summed E-state index contributed by atoms with van der Waals surface area (Å²) in [5.74, 6) is -2.61. The fourth-order valence-corrected chi connectivity index (χ4v) is 4.94. The van der Waals surface area contributed by atoms with Crippen LogP contribution in [0.3, 0.4) is 0 Å². The minimum absolute atomic E-state index is 0.0865. The van der Waals surface area contributed by atoms with Crippen molar-refractivity contribution in [3.05, 3.63) is 30.1 Å². The average Bonchev–Trinajstić information content (AvgIpc) is 2.73. The summed E-state index contributed by atoms with van der Waals surface area (Å²) in [6, 6.07) is 3.87. The summed E-state index contributed by atoms with van der Waals surface area (Å²) >= 11 is 0. The van der Waals surface area contributed by atoms with Gasteiger partial charge in [0.05, 0.1) is 25.1 Å². The first-order valence-electron chi connectivity index (χ1n) is 9.86. The zero-order valence-corrected chi connectivity index (χ0v) is 18.0. The third-order valence-electron chi connectivity index (χ3n) is 5.33. The number of sulfonamides is 1. The third-order valence-corrected chi connectivity index (χ3v) is 7.16. The van der Waals surface area contributed by atoms with Gasteiger partial charge in [0.2, 0.25) is 10.0 Å². The molecule has 2 saturated heterocycles. The normalized spacial score (nSPS) is 24.6. The Kier molecular flexibility index (Phi) is 8.81. The van der Waals surface area contributed by atoms with Gasteiger partial charge in [0, 0.05) is 37.5 Å². The number of carboxylic acid groups (broad SMARTS) is 1. The number of halogens is 3. The van der Waals surface area contributed by atoms with Crippen LogP contribution in [0.15, 0.2) is 24.5 Å². The number of carboxylic acids is 1. The van der Waals surface area contributed by atoms with Crippen LogP contribution in [-0.4, -0.2) is 73.1 Å². The molecule has 0 bridgehead atoms. The Morgan fingerprint density at radius 3 is 2.74 bits per heavy atom. The molecule has 3 heterocycles. The van der Waals surface area contributed by atoms with Crippen LogP contribution in [0.25, 0.3) is 0 Å².